The highest BCUT2D eigenvalue weighted by Crippen LogP contribution is 2.38. The van der Waals surface area contributed by atoms with E-state index in [1.54, 1.807) is 37.4 Å². The molecule has 30 heavy (non-hydrogen) atoms. The van der Waals surface area contributed by atoms with Crippen LogP contribution in [0.15, 0.2) is 63.1 Å². The molecular weight excluding hydrogens is 403 g/mol. The summed E-state index contributed by atoms with van der Waals surface area (Å²) in [7, 11) is 1.59. The number of methoxy groups -OCH3 is 1. The second-order valence-corrected chi connectivity index (χ2v) is 8.21. The van der Waals surface area contributed by atoms with Gasteiger partial charge in [-0.2, -0.15) is 0 Å². The molecule has 0 spiro atoms. The first-order valence-corrected chi connectivity index (χ1v) is 10.6. The van der Waals surface area contributed by atoms with Gasteiger partial charge in [0, 0.05) is 17.3 Å². The Labute approximate surface area is 176 Å². The van der Waals surface area contributed by atoms with Crippen LogP contribution in [-0.4, -0.2) is 18.6 Å². The van der Waals surface area contributed by atoms with Gasteiger partial charge in [-0.1, -0.05) is 12.1 Å². The molecule has 5 nitrogen and oxygen atoms in total. The molecule has 2 aromatic carbocycles. The molecule has 4 aromatic rings. The molecule has 5 rings (SSSR count). The zero-order chi connectivity index (χ0) is 20.7. The second kappa shape index (κ2) is 7.57. The lowest BCUT2D eigenvalue weighted by Crippen LogP contribution is -2.21. The summed E-state index contributed by atoms with van der Waals surface area (Å²) in [5.74, 6) is 0.929. The summed E-state index contributed by atoms with van der Waals surface area (Å²) < 4.78 is 25.2. The van der Waals surface area contributed by atoms with Crippen molar-refractivity contribution in [3.63, 3.8) is 0 Å². The van der Waals surface area contributed by atoms with Crippen molar-refractivity contribution in [3.8, 4) is 17.0 Å². The summed E-state index contributed by atoms with van der Waals surface area (Å²) in [6.45, 7) is 0.706. The lowest BCUT2D eigenvalue weighted by molar-refractivity contribution is 0.415. The molecule has 0 unspecified atom stereocenters. The van der Waals surface area contributed by atoms with Gasteiger partial charge in [0.25, 0.3) is 0 Å². The Hall–Kier alpha value is -3.19. The first kappa shape index (κ1) is 18.8. The Morgan fingerprint density at radius 1 is 1.23 bits per heavy atom. The summed E-state index contributed by atoms with van der Waals surface area (Å²) in [4.78, 5) is 19.2. The Balaban J connectivity index is 1.56. The van der Waals surface area contributed by atoms with E-state index in [-0.39, 0.29) is 5.82 Å². The maximum absolute atomic E-state index is 14.5. The number of para-hydroxylation sites is 1. The van der Waals surface area contributed by atoms with Crippen molar-refractivity contribution < 1.29 is 13.5 Å². The molecule has 0 aliphatic heterocycles. The smallest absolute Gasteiger partial charge is 0.345 e. The minimum atomic E-state index is -0.454. The molecule has 1 aliphatic carbocycles. The minimum Gasteiger partial charge on any atom is -0.497 e. The third-order valence-corrected chi connectivity index (χ3v) is 6.08. The summed E-state index contributed by atoms with van der Waals surface area (Å²) in [6.07, 6.45) is 2.28. The first-order valence-electron chi connectivity index (χ1n) is 9.72. The molecule has 0 bridgehead atoms. The molecule has 0 radical (unpaired) electrons. The Morgan fingerprint density at radius 2 is 2.07 bits per heavy atom. The van der Waals surface area contributed by atoms with E-state index < -0.39 is 5.63 Å². The largest absolute Gasteiger partial charge is 0.497 e. The molecule has 2 aromatic heterocycles. The van der Waals surface area contributed by atoms with Gasteiger partial charge in [0.1, 0.15) is 17.1 Å². The number of rotatable bonds is 6. The number of hydrogen-bond donors (Lipinski definition) is 0. The third-order valence-electron chi connectivity index (χ3n) is 5.22. The van der Waals surface area contributed by atoms with Crippen molar-refractivity contribution in [2.75, 3.05) is 18.6 Å². The monoisotopic (exact) mass is 422 g/mol. The van der Waals surface area contributed by atoms with Gasteiger partial charge in [0.2, 0.25) is 0 Å². The average Bonchev–Trinajstić information content (AvgIpc) is 3.45. The number of aromatic nitrogens is 1. The van der Waals surface area contributed by atoms with Crippen LogP contribution in [0.5, 0.6) is 5.75 Å². The lowest BCUT2D eigenvalue weighted by atomic mass is 10.1. The van der Waals surface area contributed by atoms with Crippen LogP contribution < -0.4 is 15.3 Å². The average molecular weight is 422 g/mol. The number of hydrogen-bond acceptors (Lipinski definition) is 6. The molecule has 1 saturated carbocycles. The Kier molecular flexibility index (Phi) is 4.75. The zero-order valence-corrected chi connectivity index (χ0v) is 17.1. The highest BCUT2D eigenvalue weighted by Gasteiger charge is 2.28. The molecular formula is C23H19FN2O3S. The molecule has 1 fully saturated rings. The summed E-state index contributed by atoms with van der Waals surface area (Å²) in [5.41, 5.74) is 1.43. The number of nitrogens with zero attached hydrogens (tertiary/aromatic N) is 2. The highest BCUT2D eigenvalue weighted by molar-refractivity contribution is 7.14. The zero-order valence-electron chi connectivity index (χ0n) is 16.3. The fourth-order valence-electron chi connectivity index (χ4n) is 3.43. The third kappa shape index (κ3) is 3.57. The molecule has 7 heteroatoms. The maximum atomic E-state index is 14.5. The van der Waals surface area contributed by atoms with E-state index in [1.165, 1.54) is 17.4 Å². The summed E-state index contributed by atoms with van der Waals surface area (Å²) in [5, 5.41) is 3.23. The van der Waals surface area contributed by atoms with E-state index in [2.05, 4.69) is 4.98 Å². The summed E-state index contributed by atoms with van der Waals surface area (Å²) in [6, 6.07) is 13.7. The van der Waals surface area contributed by atoms with Crippen LogP contribution in [0.3, 0.4) is 0 Å². The van der Waals surface area contributed by atoms with Crippen molar-refractivity contribution >= 4 is 33.1 Å². The van der Waals surface area contributed by atoms with Gasteiger partial charge in [-0.05, 0) is 55.2 Å². The van der Waals surface area contributed by atoms with Crippen molar-refractivity contribution in [1.29, 1.82) is 0 Å². The SMILES string of the molecule is COc1ccc2oc(=O)c(-c3csc(N(CC4CC4)c4ccccc4F)n3)cc2c1. The van der Waals surface area contributed by atoms with Crippen LogP contribution in [0.25, 0.3) is 22.2 Å². The quantitative estimate of drug-likeness (QED) is 0.378. The van der Waals surface area contributed by atoms with E-state index in [4.69, 9.17) is 9.15 Å². The van der Waals surface area contributed by atoms with E-state index >= 15 is 0 Å². The van der Waals surface area contributed by atoms with Crippen LogP contribution in [0, 0.1) is 11.7 Å². The predicted molar refractivity (Wildman–Crippen MR) is 116 cm³/mol. The second-order valence-electron chi connectivity index (χ2n) is 7.37. The van der Waals surface area contributed by atoms with Crippen LogP contribution >= 0.6 is 11.3 Å². The normalized spacial score (nSPS) is 13.5. The topological polar surface area (TPSA) is 55.6 Å². The molecule has 0 amide bonds. The van der Waals surface area contributed by atoms with Crippen molar-refractivity contribution in [2.45, 2.75) is 12.8 Å². The molecule has 0 N–H and O–H groups in total. The molecule has 2 heterocycles. The predicted octanol–water partition coefficient (Wildman–Crippen LogP) is 5.61. The number of ether oxygens (including phenoxy) is 1. The van der Waals surface area contributed by atoms with E-state index in [0.717, 1.165) is 18.2 Å². The highest BCUT2D eigenvalue weighted by atomic mass is 32.1. The fourth-order valence-corrected chi connectivity index (χ4v) is 4.28. The van der Waals surface area contributed by atoms with Crippen molar-refractivity contribution in [1.82, 2.24) is 4.98 Å². The first-order chi connectivity index (χ1) is 14.6. The molecule has 1 aliphatic rings. The number of benzene rings is 2. The van der Waals surface area contributed by atoms with Crippen molar-refractivity contribution in [3.05, 3.63) is 70.1 Å². The van der Waals surface area contributed by atoms with Gasteiger partial charge in [0.15, 0.2) is 5.13 Å². The standard InChI is InChI=1S/C23H19FN2O3S/c1-28-16-8-9-21-15(10-16)11-17(22(27)29-21)19-13-30-23(25-19)26(12-14-6-7-14)20-5-3-2-4-18(20)24/h2-5,8-11,13-14H,6-7,12H2,1H3. The molecule has 0 saturated heterocycles. The number of anilines is 2. The Morgan fingerprint density at radius 3 is 2.83 bits per heavy atom. The van der Waals surface area contributed by atoms with Gasteiger partial charge < -0.3 is 14.1 Å². The van der Waals surface area contributed by atoms with Crippen LogP contribution in [0.2, 0.25) is 0 Å². The van der Waals surface area contributed by atoms with E-state index in [1.807, 2.05) is 22.4 Å². The lowest BCUT2D eigenvalue weighted by Gasteiger charge is -2.22. The maximum Gasteiger partial charge on any atom is 0.345 e. The van der Waals surface area contributed by atoms with Crippen molar-refractivity contribution in [2.24, 2.45) is 5.92 Å². The fraction of sp³-hybridized carbons (Fsp3) is 0.217. The van der Waals surface area contributed by atoms with E-state index in [9.17, 15) is 9.18 Å². The van der Waals surface area contributed by atoms with Gasteiger partial charge in [0.05, 0.1) is 24.1 Å². The number of thiazole rings is 1. The van der Waals surface area contributed by atoms with Crippen LogP contribution in [0.1, 0.15) is 12.8 Å². The number of fused-ring (bicyclic) bond motifs is 1. The van der Waals surface area contributed by atoms with Gasteiger partial charge >= 0.3 is 5.63 Å². The Bertz CT molecular complexity index is 1280. The van der Waals surface area contributed by atoms with Crippen LogP contribution in [-0.2, 0) is 0 Å². The van der Waals surface area contributed by atoms with Crippen LogP contribution in [0.4, 0.5) is 15.2 Å². The minimum absolute atomic E-state index is 0.285. The van der Waals surface area contributed by atoms with E-state index in [0.29, 0.717) is 45.9 Å². The van der Waals surface area contributed by atoms with Gasteiger partial charge in [-0.25, -0.2) is 14.2 Å². The molecule has 152 valence electrons. The summed E-state index contributed by atoms with van der Waals surface area (Å²) >= 11 is 1.39. The van der Waals surface area contributed by atoms with Gasteiger partial charge in [-0.15, -0.1) is 11.3 Å². The number of halogens is 1. The molecule has 0 atom stereocenters. The van der Waals surface area contributed by atoms with Gasteiger partial charge in [-0.3, -0.25) is 0 Å².